The van der Waals surface area contributed by atoms with Gasteiger partial charge in [0.2, 0.25) is 0 Å². The summed E-state index contributed by atoms with van der Waals surface area (Å²) in [6.45, 7) is 6.62. The van der Waals surface area contributed by atoms with Gasteiger partial charge >= 0.3 is 0 Å². The molecule has 2 aromatic carbocycles. The van der Waals surface area contributed by atoms with E-state index in [2.05, 4.69) is 18.8 Å². The predicted octanol–water partition coefficient (Wildman–Crippen LogP) is 4.59. The molecule has 1 N–H and O–H groups in total. The Bertz CT molecular complexity index is 1360. The largest absolute Gasteiger partial charge is 0.507 e. The van der Waals surface area contributed by atoms with Crippen molar-refractivity contribution in [3.8, 4) is 17.2 Å². The van der Waals surface area contributed by atoms with Gasteiger partial charge in [0.15, 0.2) is 11.5 Å². The molecule has 0 radical (unpaired) electrons. The van der Waals surface area contributed by atoms with Crippen LogP contribution in [0.3, 0.4) is 0 Å². The molecule has 0 bridgehead atoms. The quantitative estimate of drug-likeness (QED) is 0.232. The van der Waals surface area contributed by atoms with Gasteiger partial charge in [-0.3, -0.25) is 9.59 Å². The van der Waals surface area contributed by atoms with Crippen LogP contribution in [0.1, 0.15) is 43.9 Å². The Labute approximate surface area is 227 Å². The maximum Gasteiger partial charge on any atom is 0.295 e. The van der Waals surface area contributed by atoms with Gasteiger partial charge in [-0.1, -0.05) is 26.0 Å². The number of hydrogen-bond donors (Lipinski definition) is 1. The SMILES string of the molecule is CC(C)CCOc1cccc([C@@H]2/C(=C(\O)c3ccc4c(c3)OCCO4)C(=O)C(=O)N2CCCn2ccnc2)c1. The number of fused-ring (bicyclic) bond motifs is 1. The summed E-state index contributed by atoms with van der Waals surface area (Å²) in [6.07, 6.45) is 6.77. The third-order valence-corrected chi connectivity index (χ3v) is 6.87. The molecular formula is C30H33N3O6. The lowest BCUT2D eigenvalue weighted by molar-refractivity contribution is -0.139. The average molecular weight is 532 g/mol. The van der Waals surface area contributed by atoms with Gasteiger partial charge in [-0.2, -0.15) is 0 Å². The summed E-state index contributed by atoms with van der Waals surface area (Å²) in [5.74, 6) is 0.589. The molecule has 204 valence electrons. The zero-order valence-corrected chi connectivity index (χ0v) is 22.2. The number of hydrogen-bond acceptors (Lipinski definition) is 7. The van der Waals surface area contributed by atoms with Crippen LogP contribution in [0.5, 0.6) is 17.2 Å². The minimum absolute atomic E-state index is 0.0404. The number of benzene rings is 2. The lowest BCUT2D eigenvalue weighted by Crippen LogP contribution is -2.31. The Hall–Kier alpha value is -4.27. The number of aryl methyl sites for hydroxylation is 1. The Morgan fingerprint density at radius 1 is 1.10 bits per heavy atom. The van der Waals surface area contributed by atoms with Crippen molar-refractivity contribution in [1.82, 2.24) is 14.5 Å². The van der Waals surface area contributed by atoms with E-state index in [0.717, 1.165) is 6.42 Å². The molecule has 3 aromatic rings. The van der Waals surface area contributed by atoms with Gasteiger partial charge in [0, 0.05) is 31.0 Å². The number of likely N-dealkylation sites (tertiary alicyclic amines) is 1. The first-order valence-corrected chi connectivity index (χ1v) is 13.3. The third kappa shape index (κ3) is 5.77. The zero-order chi connectivity index (χ0) is 27.4. The molecule has 3 heterocycles. The molecule has 39 heavy (non-hydrogen) atoms. The highest BCUT2D eigenvalue weighted by atomic mass is 16.6. The number of carbonyl (C=O) groups excluding carboxylic acids is 2. The van der Waals surface area contributed by atoms with E-state index in [1.807, 2.05) is 35.0 Å². The smallest absolute Gasteiger partial charge is 0.295 e. The Kier molecular flexibility index (Phi) is 7.86. The highest BCUT2D eigenvalue weighted by Gasteiger charge is 2.46. The molecule has 0 aliphatic carbocycles. The van der Waals surface area contributed by atoms with Gasteiger partial charge in [0.05, 0.1) is 24.5 Å². The molecule has 1 amide bonds. The van der Waals surface area contributed by atoms with Crippen molar-refractivity contribution in [2.45, 2.75) is 39.3 Å². The maximum absolute atomic E-state index is 13.4. The number of ether oxygens (including phenoxy) is 3. The van der Waals surface area contributed by atoms with Crippen LogP contribution < -0.4 is 14.2 Å². The van der Waals surface area contributed by atoms with Crippen molar-refractivity contribution < 1.29 is 28.9 Å². The predicted molar refractivity (Wildman–Crippen MR) is 145 cm³/mol. The fraction of sp³-hybridized carbons (Fsp3) is 0.367. The highest BCUT2D eigenvalue weighted by molar-refractivity contribution is 6.46. The summed E-state index contributed by atoms with van der Waals surface area (Å²) >= 11 is 0. The van der Waals surface area contributed by atoms with Gasteiger partial charge in [-0.15, -0.1) is 0 Å². The lowest BCUT2D eigenvalue weighted by Gasteiger charge is -2.26. The van der Waals surface area contributed by atoms with E-state index in [0.29, 0.717) is 73.6 Å². The van der Waals surface area contributed by atoms with Gasteiger partial charge in [-0.05, 0) is 54.7 Å². The number of carbonyl (C=O) groups is 2. The summed E-state index contributed by atoms with van der Waals surface area (Å²) in [7, 11) is 0. The number of ketones is 1. The van der Waals surface area contributed by atoms with Crippen LogP contribution in [0.2, 0.25) is 0 Å². The van der Waals surface area contributed by atoms with Crippen LogP contribution in [0.25, 0.3) is 5.76 Å². The van der Waals surface area contributed by atoms with E-state index in [9.17, 15) is 14.7 Å². The fourth-order valence-electron chi connectivity index (χ4n) is 4.83. The molecule has 2 aliphatic heterocycles. The number of rotatable bonds is 10. The molecule has 5 rings (SSSR count). The second-order valence-corrected chi connectivity index (χ2v) is 10.1. The van der Waals surface area contributed by atoms with Crippen LogP contribution in [0.4, 0.5) is 0 Å². The van der Waals surface area contributed by atoms with Crippen molar-refractivity contribution in [2.75, 3.05) is 26.4 Å². The van der Waals surface area contributed by atoms with Crippen LogP contribution in [0, 0.1) is 5.92 Å². The Morgan fingerprint density at radius 3 is 2.69 bits per heavy atom. The normalized spacial score (nSPS) is 18.1. The van der Waals surface area contributed by atoms with Gasteiger partial charge in [0.1, 0.15) is 24.7 Å². The van der Waals surface area contributed by atoms with Crippen LogP contribution in [0.15, 0.2) is 66.8 Å². The lowest BCUT2D eigenvalue weighted by atomic mass is 9.95. The molecule has 1 atom stereocenters. The molecule has 1 fully saturated rings. The summed E-state index contributed by atoms with van der Waals surface area (Å²) in [6, 6.07) is 11.6. The van der Waals surface area contributed by atoms with E-state index in [1.165, 1.54) is 4.90 Å². The Morgan fingerprint density at radius 2 is 1.92 bits per heavy atom. The van der Waals surface area contributed by atoms with Crippen LogP contribution in [-0.2, 0) is 16.1 Å². The molecule has 0 unspecified atom stereocenters. The zero-order valence-electron chi connectivity index (χ0n) is 22.2. The summed E-state index contributed by atoms with van der Waals surface area (Å²) in [5, 5.41) is 11.4. The monoisotopic (exact) mass is 531 g/mol. The number of aliphatic hydroxyl groups excluding tert-OH is 1. The molecule has 9 heteroatoms. The van der Waals surface area contributed by atoms with Gasteiger partial charge in [-0.25, -0.2) is 4.98 Å². The molecular weight excluding hydrogens is 498 g/mol. The third-order valence-electron chi connectivity index (χ3n) is 6.87. The summed E-state index contributed by atoms with van der Waals surface area (Å²) in [4.78, 5) is 32.3. The van der Waals surface area contributed by atoms with Crippen molar-refractivity contribution in [1.29, 1.82) is 0 Å². The van der Waals surface area contributed by atoms with Crippen molar-refractivity contribution in [3.05, 3.63) is 77.9 Å². The first-order chi connectivity index (χ1) is 18.9. The van der Waals surface area contributed by atoms with Crippen LogP contribution >= 0.6 is 0 Å². The van der Waals surface area contributed by atoms with E-state index < -0.39 is 17.7 Å². The maximum atomic E-state index is 13.4. The number of Topliss-reactive ketones (excluding diaryl/α,β-unsaturated/α-hetero) is 1. The minimum atomic E-state index is -0.769. The minimum Gasteiger partial charge on any atom is -0.507 e. The first-order valence-electron chi connectivity index (χ1n) is 13.3. The average Bonchev–Trinajstić information content (AvgIpc) is 3.55. The summed E-state index contributed by atoms with van der Waals surface area (Å²) < 4.78 is 19.2. The molecule has 2 aliphatic rings. The van der Waals surface area contributed by atoms with Crippen molar-refractivity contribution in [3.63, 3.8) is 0 Å². The molecule has 0 saturated carbocycles. The van der Waals surface area contributed by atoms with Gasteiger partial charge < -0.3 is 28.8 Å². The number of imidazole rings is 1. The first kappa shape index (κ1) is 26.3. The highest BCUT2D eigenvalue weighted by Crippen LogP contribution is 2.41. The second-order valence-electron chi connectivity index (χ2n) is 10.1. The molecule has 1 aromatic heterocycles. The van der Waals surface area contributed by atoms with E-state index >= 15 is 0 Å². The van der Waals surface area contributed by atoms with E-state index in [1.54, 1.807) is 30.7 Å². The van der Waals surface area contributed by atoms with Crippen molar-refractivity contribution >= 4 is 17.4 Å². The molecule has 0 spiro atoms. The topological polar surface area (TPSA) is 103 Å². The number of aliphatic hydroxyl groups is 1. The number of amides is 1. The standard InChI is InChI=1S/C30H33N3O6/c1-20(2)9-14-37-23-6-3-5-21(17-23)27-26(28(34)22-7-8-24-25(18-22)39-16-15-38-24)29(35)30(36)33(27)12-4-11-32-13-10-31-19-32/h3,5-8,10,13,17-20,27,34H,4,9,11-12,14-16H2,1-2H3/b28-26+/t27-/m1/s1. The van der Waals surface area contributed by atoms with E-state index in [-0.39, 0.29) is 11.3 Å². The number of nitrogens with zero attached hydrogens (tertiary/aromatic N) is 3. The van der Waals surface area contributed by atoms with E-state index in [4.69, 9.17) is 14.2 Å². The second kappa shape index (κ2) is 11.6. The van der Waals surface area contributed by atoms with Gasteiger partial charge in [0.25, 0.3) is 11.7 Å². The molecule has 9 nitrogen and oxygen atoms in total. The molecule has 1 saturated heterocycles. The fourth-order valence-corrected chi connectivity index (χ4v) is 4.83. The van der Waals surface area contributed by atoms with Crippen LogP contribution in [-0.4, -0.2) is 57.6 Å². The number of aromatic nitrogens is 2. The van der Waals surface area contributed by atoms with Crippen molar-refractivity contribution in [2.24, 2.45) is 5.92 Å². The Balaban J connectivity index is 1.50. The summed E-state index contributed by atoms with van der Waals surface area (Å²) in [5.41, 5.74) is 1.11.